The summed E-state index contributed by atoms with van der Waals surface area (Å²) < 4.78 is 5.26. The van der Waals surface area contributed by atoms with Crippen molar-refractivity contribution in [3.63, 3.8) is 0 Å². The molecule has 0 aliphatic rings. The van der Waals surface area contributed by atoms with Gasteiger partial charge in [0.1, 0.15) is 11.6 Å². The summed E-state index contributed by atoms with van der Waals surface area (Å²) in [5.41, 5.74) is 6.58. The number of rotatable bonds is 5. The number of para-hydroxylation sites is 1. The average Bonchev–Trinajstić information content (AvgIpc) is 2.45. The first kappa shape index (κ1) is 12.9. The highest BCUT2D eigenvalue weighted by Gasteiger charge is 2.03. The lowest BCUT2D eigenvalue weighted by Crippen LogP contribution is -2.11. The Labute approximate surface area is 111 Å². The zero-order valence-electron chi connectivity index (χ0n) is 10.6. The molecule has 0 aliphatic carbocycles. The molecule has 0 bridgehead atoms. The van der Waals surface area contributed by atoms with E-state index in [4.69, 9.17) is 10.5 Å². The van der Waals surface area contributed by atoms with E-state index in [1.54, 1.807) is 19.2 Å². The van der Waals surface area contributed by atoms with E-state index in [2.05, 4.69) is 10.3 Å². The second-order valence-electron chi connectivity index (χ2n) is 3.96. The summed E-state index contributed by atoms with van der Waals surface area (Å²) in [6, 6.07) is 11.1. The Morgan fingerprint density at radius 2 is 2.11 bits per heavy atom. The molecule has 19 heavy (non-hydrogen) atoms. The number of nitrogens with zero attached hydrogens (tertiary/aromatic N) is 1. The van der Waals surface area contributed by atoms with Gasteiger partial charge in [0.15, 0.2) is 0 Å². The van der Waals surface area contributed by atoms with Gasteiger partial charge in [-0.05, 0) is 18.2 Å². The van der Waals surface area contributed by atoms with Crippen LogP contribution in [0, 0.1) is 0 Å². The van der Waals surface area contributed by atoms with Crippen LogP contribution >= 0.6 is 0 Å². The molecule has 2 rings (SSSR count). The number of methoxy groups -OCH3 is 1. The van der Waals surface area contributed by atoms with Gasteiger partial charge < -0.3 is 15.8 Å². The van der Waals surface area contributed by atoms with E-state index in [0.29, 0.717) is 17.9 Å². The fourth-order valence-electron chi connectivity index (χ4n) is 1.68. The summed E-state index contributed by atoms with van der Waals surface area (Å²) in [5, 5.41) is 3.16. The Bertz CT molecular complexity index is 567. The Balaban J connectivity index is 2.04. The monoisotopic (exact) mass is 257 g/mol. The van der Waals surface area contributed by atoms with Crippen molar-refractivity contribution in [1.82, 2.24) is 4.98 Å². The minimum absolute atomic E-state index is 0.392. The second kappa shape index (κ2) is 5.86. The average molecular weight is 257 g/mol. The number of pyridine rings is 1. The van der Waals surface area contributed by atoms with Gasteiger partial charge in [-0.15, -0.1) is 0 Å². The van der Waals surface area contributed by atoms with Crippen molar-refractivity contribution < 1.29 is 9.53 Å². The van der Waals surface area contributed by atoms with Crippen LogP contribution in [0.3, 0.4) is 0 Å². The maximum absolute atomic E-state index is 10.9. The van der Waals surface area contributed by atoms with E-state index in [-0.39, 0.29) is 0 Å². The predicted octanol–water partition coefficient (Wildman–Crippen LogP) is 1.80. The normalized spacial score (nSPS) is 9.95. The molecule has 1 heterocycles. The third-order valence-corrected chi connectivity index (χ3v) is 2.70. The number of carbonyl (C=O) groups is 1. The van der Waals surface area contributed by atoms with Gasteiger partial charge in [0, 0.05) is 18.3 Å². The van der Waals surface area contributed by atoms with Crippen LogP contribution in [0.2, 0.25) is 0 Å². The first-order valence-electron chi connectivity index (χ1n) is 5.82. The van der Waals surface area contributed by atoms with Crippen LogP contribution in [-0.2, 0) is 6.54 Å². The lowest BCUT2D eigenvalue weighted by molar-refractivity contribution is 0.1000. The molecule has 1 aromatic heterocycles. The maximum Gasteiger partial charge on any atom is 0.250 e. The van der Waals surface area contributed by atoms with E-state index in [9.17, 15) is 4.79 Å². The number of benzene rings is 1. The Hall–Kier alpha value is -2.56. The van der Waals surface area contributed by atoms with Gasteiger partial charge in [0.25, 0.3) is 0 Å². The minimum atomic E-state index is -0.483. The molecule has 0 atom stereocenters. The van der Waals surface area contributed by atoms with Crippen LogP contribution in [0.1, 0.15) is 15.9 Å². The number of anilines is 1. The van der Waals surface area contributed by atoms with Crippen LogP contribution in [0.15, 0.2) is 42.6 Å². The lowest BCUT2D eigenvalue weighted by Gasteiger charge is -2.09. The highest BCUT2D eigenvalue weighted by atomic mass is 16.5. The van der Waals surface area contributed by atoms with Gasteiger partial charge in [-0.25, -0.2) is 4.98 Å². The Morgan fingerprint density at radius 1 is 1.32 bits per heavy atom. The van der Waals surface area contributed by atoms with Crippen molar-refractivity contribution in [3.05, 3.63) is 53.7 Å². The lowest BCUT2D eigenvalue weighted by atomic mass is 10.2. The number of carbonyl (C=O) groups excluding carboxylic acids is 1. The van der Waals surface area contributed by atoms with Gasteiger partial charge in [0.05, 0.1) is 12.7 Å². The van der Waals surface area contributed by atoms with Crippen molar-refractivity contribution in [2.24, 2.45) is 5.73 Å². The smallest absolute Gasteiger partial charge is 0.250 e. The predicted molar refractivity (Wildman–Crippen MR) is 73.1 cm³/mol. The van der Waals surface area contributed by atoms with Crippen molar-refractivity contribution in [1.29, 1.82) is 0 Å². The Morgan fingerprint density at radius 3 is 2.74 bits per heavy atom. The largest absolute Gasteiger partial charge is 0.496 e. The summed E-state index contributed by atoms with van der Waals surface area (Å²) in [4.78, 5) is 15.0. The van der Waals surface area contributed by atoms with E-state index < -0.39 is 5.91 Å². The molecule has 0 unspecified atom stereocenters. The highest BCUT2D eigenvalue weighted by molar-refractivity contribution is 5.92. The molecule has 0 aliphatic heterocycles. The van der Waals surface area contributed by atoms with Crippen molar-refractivity contribution in [2.45, 2.75) is 6.54 Å². The third-order valence-electron chi connectivity index (χ3n) is 2.70. The van der Waals surface area contributed by atoms with E-state index in [1.165, 1.54) is 6.20 Å². The van der Waals surface area contributed by atoms with E-state index in [0.717, 1.165) is 11.3 Å². The molecule has 0 spiro atoms. The third kappa shape index (κ3) is 3.22. The maximum atomic E-state index is 10.9. The topological polar surface area (TPSA) is 77.2 Å². The van der Waals surface area contributed by atoms with Gasteiger partial charge in [0.2, 0.25) is 5.91 Å². The molecule has 0 saturated heterocycles. The SMILES string of the molecule is COc1ccccc1CNc1ccc(C(N)=O)cn1. The highest BCUT2D eigenvalue weighted by Crippen LogP contribution is 2.18. The molecule has 1 aromatic carbocycles. The van der Waals surface area contributed by atoms with Crippen LogP contribution < -0.4 is 15.8 Å². The molecule has 1 amide bonds. The minimum Gasteiger partial charge on any atom is -0.496 e. The number of primary amides is 1. The first-order valence-corrected chi connectivity index (χ1v) is 5.82. The Kier molecular flexibility index (Phi) is 3.97. The second-order valence-corrected chi connectivity index (χ2v) is 3.96. The van der Waals surface area contributed by atoms with E-state index in [1.807, 2.05) is 24.3 Å². The van der Waals surface area contributed by atoms with Gasteiger partial charge >= 0.3 is 0 Å². The number of nitrogens with two attached hydrogens (primary N) is 1. The number of hydrogen-bond donors (Lipinski definition) is 2. The summed E-state index contributed by atoms with van der Waals surface area (Å²) in [7, 11) is 1.64. The fraction of sp³-hybridized carbons (Fsp3) is 0.143. The standard InChI is InChI=1S/C14H15N3O2/c1-19-12-5-3-2-4-10(12)8-16-13-7-6-11(9-17-13)14(15)18/h2-7,9H,8H2,1H3,(H2,15,18)(H,16,17). The van der Waals surface area contributed by atoms with Gasteiger partial charge in [-0.1, -0.05) is 18.2 Å². The fourth-order valence-corrected chi connectivity index (χ4v) is 1.68. The molecular formula is C14H15N3O2. The molecule has 0 fully saturated rings. The van der Waals surface area contributed by atoms with Crippen LogP contribution in [0.25, 0.3) is 0 Å². The van der Waals surface area contributed by atoms with Crippen molar-refractivity contribution in [3.8, 4) is 5.75 Å². The summed E-state index contributed by atoms with van der Waals surface area (Å²) >= 11 is 0. The molecular weight excluding hydrogens is 242 g/mol. The number of aromatic nitrogens is 1. The number of amides is 1. The summed E-state index contributed by atoms with van der Waals surface area (Å²) in [6.45, 7) is 0.590. The number of nitrogens with one attached hydrogen (secondary N) is 1. The number of ether oxygens (including phenoxy) is 1. The van der Waals surface area contributed by atoms with E-state index >= 15 is 0 Å². The molecule has 5 heteroatoms. The first-order chi connectivity index (χ1) is 9.20. The zero-order valence-corrected chi connectivity index (χ0v) is 10.6. The summed E-state index contributed by atoms with van der Waals surface area (Å²) in [6.07, 6.45) is 1.45. The van der Waals surface area contributed by atoms with Gasteiger partial charge in [-0.3, -0.25) is 4.79 Å². The molecule has 2 aromatic rings. The molecule has 3 N–H and O–H groups in total. The van der Waals surface area contributed by atoms with Crippen molar-refractivity contribution in [2.75, 3.05) is 12.4 Å². The van der Waals surface area contributed by atoms with Crippen LogP contribution in [-0.4, -0.2) is 18.0 Å². The van der Waals surface area contributed by atoms with Crippen LogP contribution in [0.4, 0.5) is 5.82 Å². The molecule has 0 saturated carbocycles. The van der Waals surface area contributed by atoms with Crippen LogP contribution in [0.5, 0.6) is 5.75 Å². The molecule has 98 valence electrons. The van der Waals surface area contributed by atoms with Crippen molar-refractivity contribution >= 4 is 11.7 Å². The summed E-state index contributed by atoms with van der Waals surface area (Å²) in [5.74, 6) is 1.02. The molecule has 0 radical (unpaired) electrons. The zero-order chi connectivity index (χ0) is 13.7. The van der Waals surface area contributed by atoms with Gasteiger partial charge in [-0.2, -0.15) is 0 Å². The number of hydrogen-bond acceptors (Lipinski definition) is 4. The quantitative estimate of drug-likeness (QED) is 0.856. The molecule has 5 nitrogen and oxygen atoms in total.